The molecule has 1 fully saturated rings. The molecule has 1 saturated carbocycles. The maximum Gasteiger partial charge on any atom is 0.310 e. The van der Waals surface area contributed by atoms with Crippen molar-refractivity contribution >= 4 is 17.6 Å². The monoisotopic (exact) mass is 377 g/mol. The number of benzene rings is 2. The molecule has 1 N–H and O–H groups in total. The van der Waals surface area contributed by atoms with Crippen LogP contribution in [0.4, 0.5) is 5.69 Å². The van der Waals surface area contributed by atoms with Crippen molar-refractivity contribution in [1.82, 2.24) is 0 Å². The van der Waals surface area contributed by atoms with Crippen LogP contribution in [0.5, 0.6) is 5.75 Å². The maximum atomic E-state index is 13.0. The van der Waals surface area contributed by atoms with Crippen molar-refractivity contribution in [2.24, 2.45) is 17.8 Å². The minimum absolute atomic E-state index is 0.161. The number of ether oxygens (including phenoxy) is 2. The summed E-state index contributed by atoms with van der Waals surface area (Å²) >= 11 is 0. The lowest BCUT2D eigenvalue weighted by Crippen LogP contribution is -2.30. The van der Waals surface area contributed by atoms with E-state index in [4.69, 9.17) is 9.47 Å². The lowest BCUT2D eigenvalue weighted by molar-refractivity contribution is -0.159. The van der Waals surface area contributed by atoms with Gasteiger partial charge in [-0.2, -0.15) is 0 Å². The van der Waals surface area contributed by atoms with E-state index in [2.05, 4.69) is 17.5 Å². The normalized spacial score (nSPS) is 23.2. The highest BCUT2D eigenvalue weighted by Gasteiger charge is 2.42. The molecule has 1 amide bonds. The van der Waals surface area contributed by atoms with Crippen molar-refractivity contribution in [1.29, 1.82) is 0 Å². The van der Waals surface area contributed by atoms with E-state index in [1.165, 1.54) is 0 Å². The molecular weight excluding hydrogens is 354 g/mol. The number of anilines is 1. The minimum Gasteiger partial charge on any atom is -0.497 e. The number of nitrogens with one attached hydrogen (secondary N) is 1. The summed E-state index contributed by atoms with van der Waals surface area (Å²) in [6.07, 6.45) is 5.10. The fourth-order valence-corrected chi connectivity index (χ4v) is 4.06. The summed E-state index contributed by atoms with van der Waals surface area (Å²) in [6.45, 7) is 0. The zero-order chi connectivity index (χ0) is 19.5. The van der Waals surface area contributed by atoms with Crippen LogP contribution in [-0.2, 0) is 14.3 Å². The van der Waals surface area contributed by atoms with E-state index in [-0.39, 0.29) is 23.7 Å². The quantitative estimate of drug-likeness (QED) is 0.607. The van der Waals surface area contributed by atoms with Crippen molar-refractivity contribution in [3.05, 3.63) is 72.3 Å². The van der Waals surface area contributed by atoms with Crippen LogP contribution in [-0.4, -0.2) is 19.0 Å². The zero-order valence-electron chi connectivity index (χ0n) is 15.7. The second-order valence-corrected chi connectivity index (χ2v) is 7.34. The Morgan fingerprint density at radius 2 is 1.86 bits per heavy atom. The lowest BCUT2D eigenvalue weighted by atomic mass is 9.93. The van der Waals surface area contributed by atoms with E-state index >= 15 is 0 Å². The number of hydrogen-bond acceptors (Lipinski definition) is 4. The standard InChI is InChI=1S/C23H23NO4/c1-27-19-9-5-8-18(14-19)24-22(25)21(16-6-3-2-4-7-16)28-23(26)20-13-15-10-11-17(20)12-15/h2-11,14-15,17,20-21H,12-13H2,1H3,(H,24,25)/t15-,17-,20-,21+/m0/s1. The van der Waals surface area contributed by atoms with Crippen LogP contribution in [0.2, 0.25) is 0 Å². The van der Waals surface area contributed by atoms with Gasteiger partial charge in [0.25, 0.3) is 5.91 Å². The summed E-state index contributed by atoms with van der Waals surface area (Å²) in [4.78, 5) is 25.8. The molecule has 0 heterocycles. The average molecular weight is 377 g/mol. The summed E-state index contributed by atoms with van der Waals surface area (Å²) in [6, 6.07) is 16.2. The van der Waals surface area contributed by atoms with Gasteiger partial charge in [0, 0.05) is 17.3 Å². The molecule has 2 aliphatic carbocycles. The molecule has 0 spiro atoms. The lowest BCUT2D eigenvalue weighted by Gasteiger charge is -2.22. The largest absolute Gasteiger partial charge is 0.497 e. The molecule has 0 aromatic heterocycles. The summed E-state index contributed by atoms with van der Waals surface area (Å²) < 4.78 is 10.9. The van der Waals surface area contributed by atoms with Crippen LogP contribution >= 0.6 is 0 Å². The third-order valence-corrected chi connectivity index (χ3v) is 5.49. The van der Waals surface area contributed by atoms with Gasteiger partial charge in [0.15, 0.2) is 0 Å². The van der Waals surface area contributed by atoms with E-state index in [0.29, 0.717) is 22.9 Å². The van der Waals surface area contributed by atoms with Gasteiger partial charge in [-0.25, -0.2) is 0 Å². The molecule has 2 aromatic carbocycles. The summed E-state index contributed by atoms with van der Waals surface area (Å²) in [5.41, 5.74) is 1.24. The molecule has 144 valence electrons. The summed E-state index contributed by atoms with van der Waals surface area (Å²) in [7, 11) is 1.57. The van der Waals surface area contributed by atoms with E-state index in [9.17, 15) is 9.59 Å². The first-order valence-electron chi connectivity index (χ1n) is 9.52. The van der Waals surface area contributed by atoms with Crippen LogP contribution in [0.25, 0.3) is 0 Å². The first-order valence-corrected chi connectivity index (χ1v) is 9.52. The number of rotatable bonds is 6. The molecule has 4 atom stereocenters. The predicted octanol–water partition coefficient (Wildman–Crippen LogP) is 4.13. The Hall–Kier alpha value is -3.08. The Balaban J connectivity index is 1.52. The molecule has 0 unspecified atom stereocenters. The second kappa shape index (κ2) is 7.89. The van der Waals surface area contributed by atoms with Crippen molar-refractivity contribution in [2.75, 3.05) is 12.4 Å². The zero-order valence-corrected chi connectivity index (χ0v) is 15.7. The van der Waals surface area contributed by atoms with E-state index in [0.717, 1.165) is 12.8 Å². The number of carbonyl (C=O) groups excluding carboxylic acids is 2. The van der Waals surface area contributed by atoms with Gasteiger partial charge in [0.2, 0.25) is 6.10 Å². The molecule has 4 rings (SSSR count). The Bertz CT molecular complexity index is 892. The third kappa shape index (κ3) is 3.79. The van der Waals surface area contributed by atoms with Crippen LogP contribution < -0.4 is 10.1 Å². The number of methoxy groups -OCH3 is 1. The van der Waals surface area contributed by atoms with Gasteiger partial charge in [-0.1, -0.05) is 48.6 Å². The van der Waals surface area contributed by atoms with Crippen molar-refractivity contribution in [3.63, 3.8) is 0 Å². The molecule has 0 radical (unpaired) electrons. The minimum atomic E-state index is -0.997. The van der Waals surface area contributed by atoms with E-state index in [1.807, 2.05) is 18.2 Å². The fourth-order valence-electron chi connectivity index (χ4n) is 4.06. The van der Waals surface area contributed by atoms with Gasteiger partial charge < -0.3 is 14.8 Å². The summed E-state index contributed by atoms with van der Waals surface area (Å²) in [5, 5.41) is 2.83. The molecule has 2 aliphatic rings. The van der Waals surface area contributed by atoms with Crippen LogP contribution in [0.3, 0.4) is 0 Å². The maximum absolute atomic E-state index is 13.0. The Labute approximate surface area is 164 Å². The van der Waals surface area contributed by atoms with Gasteiger partial charge >= 0.3 is 5.97 Å². The van der Waals surface area contributed by atoms with Crippen molar-refractivity contribution in [3.8, 4) is 5.75 Å². The molecule has 0 saturated heterocycles. The van der Waals surface area contributed by atoms with Gasteiger partial charge in [-0.3, -0.25) is 9.59 Å². The molecule has 2 bridgehead atoms. The molecule has 0 aliphatic heterocycles. The molecule has 2 aromatic rings. The number of esters is 1. The van der Waals surface area contributed by atoms with Crippen LogP contribution in [0.1, 0.15) is 24.5 Å². The van der Waals surface area contributed by atoms with Gasteiger partial charge in [0.05, 0.1) is 13.0 Å². The predicted molar refractivity (Wildman–Crippen MR) is 106 cm³/mol. The van der Waals surface area contributed by atoms with E-state index < -0.39 is 6.10 Å². The number of hydrogen-bond donors (Lipinski definition) is 1. The molecule has 5 heteroatoms. The van der Waals surface area contributed by atoms with Crippen LogP contribution in [0, 0.1) is 17.8 Å². The Kier molecular flexibility index (Phi) is 5.15. The number of amides is 1. The average Bonchev–Trinajstić information content (AvgIpc) is 3.36. The second-order valence-electron chi connectivity index (χ2n) is 7.34. The molecule has 5 nitrogen and oxygen atoms in total. The number of carbonyl (C=O) groups is 2. The molecule has 28 heavy (non-hydrogen) atoms. The number of allylic oxidation sites excluding steroid dienone is 2. The fraction of sp³-hybridized carbons (Fsp3) is 0.304. The third-order valence-electron chi connectivity index (χ3n) is 5.49. The number of fused-ring (bicyclic) bond motifs is 2. The van der Waals surface area contributed by atoms with Gasteiger partial charge in [0.1, 0.15) is 5.75 Å². The van der Waals surface area contributed by atoms with Crippen LogP contribution in [0.15, 0.2) is 66.7 Å². The smallest absolute Gasteiger partial charge is 0.310 e. The van der Waals surface area contributed by atoms with Gasteiger partial charge in [-0.15, -0.1) is 0 Å². The highest BCUT2D eigenvalue weighted by atomic mass is 16.5. The SMILES string of the molecule is COc1cccc(NC(=O)[C@H](OC(=O)[C@H]2C[C@H]3C=C[C@H]2C3)c2ccccc2)c1. The van der Waals surface area contributed by atoms with Crippen molar-refractivity contribution < 1.29 is 19.1 Å². The van der Waals surface area contributed by atoms with Gasteiger partial charge in [-0.05, 0) is 36.8 Å². The Morgan fingerprint density at radius 1 is 1.04 bits per heavy atom. The van der Waals surface area contributed by atoms with E-state index in [1.54, 1.807) is 43.5 Å². The summed E-state index contributed by atoms with van der Waals surface area (Å²) in [5.74, 6) is 0.488. The first kappa shape index (κ1) is 18.3. The first-order chi connectivity index (χ1) is 13.6. The van der Waals surface area contributed by atoms with Crippen molar-refractivity contribution in [2.45, 2.75) is 18.9 Å². The topological polar surface area (TPSA) is 64.6 Å². The highest BCUT2D eigenvalue weighted by molar-refractivity contribution is 5.96. The molecular formula is C23H23NO4. The Morgan fingerprint density at radius 3 is 2.54 bits per heavy atom. The highest BCUT2D eigenvalue weighted by Crippen LogP contribution is 2.44.